The number of carbonyl (C=O) groups excluding carboxylic acids is 1. The van der Waals surface area contributed by atoms with Crippen LogP contribution in [0.3, 0.4) is 0 Å². The lowest BCUT2D eigenvalue weighted by molar-refractivity contribution is 0.0780. The lowest BCUT2D eigenvalue weighted by Gasteiger charge is -2.17. The number of halogens is 1. The molecule has 3 rings (SSSR count). The van der Waals surface area contributed by atoms with Crippen LogP contribution in [0.2, 0.25) is 0 Å². The van der Waals surface area contributed by atoms with Crippen LogP contribution in [0.25, 0.3) is 0 Å². The van der Waals surface area contributed by atoms with Gasteiger partial charge in [0.2, 0.25) is 10.0 Å². The van der Waals surface area contributed by atoms with Gasteiger partial charge < -0.3 is 4.90 Å². The van der Waals surface area contributed by atoms with Crippen molar-refractivity contribution in [2.75, 3.05) is 13.1 Å². The van der Waals surface area contributed by atoms with Crippen LogP contribution in [0.5, 0.6) is 0 Å². The molecule has 1 aromatic carbocycles. The Morgan fingerprint density at radius 2 is 1.81 bits per heavy atom. The van der Waals surface area contributed by atoms with E-state index in [1.807, 2.05) is 0 Å². The van der Waals surface area contributed by atoms with E-state index >= 15 is 0 Å². The fourth-order valence-electron chi connectivity index (χ4n) is 3.43. The van der Waals surface area contributed by atoms with Crippen LogP contribution in [0.1, 0.15) is 29.6 Å². The first-order valence-corrected chi connectivity index (χ1v) is 8.52. The lowest BCUT2D eigenvalue weighted by Crippen LogP contribution is -2.30. The summed E-state index contributed by atoms with van der Waals surface area (Å²) in [6, 6.07) is 3.03. The van der Waals surface area contributed by atoms with Crippen molar-refractivity contribution in [1.29, 1.82) is 0 Å². The van der Waals surface area contributed by atoms with Crippen LogP contribution in [0.15, 0.2) is 23.1 Å². The molecule has 1 heterocycles. The Kier molecular flexibility index (Phi) is 3.49. The highest BCUT2D eigenvalue weighted by Gasteiger charge is 2.38. The van der Waals surface area contributed by atoms with Crippen LogP contribution in [0.4, 0.5) is 4.39 Å². The van der Waals surface area contributed by atoms with Crippen molar-refractivity contribution in [1.82, 2.24) is 4.90 Å². The van der Waals surface area contributed by atoms with Crippen molar-refractivity contribution in [3.05, 3.63) is 29.6 Å². The Morgan fingerprint density at radius 1 is 1.19 bits per heavy atom. The SMILES string of the molecule is NS(=O)(=O)c1cc(F)cc(C(=O)N2CC3CCCC3C2)c1. The molecule has 0 bridgehead atoms. The van der Waals surface area contributed by atoms with Gasteiger partial charge in [-0.1, -0.05) is 6.42 Å². The van der Waals surface area contributed by atoms with E-state index < -0.39 is 15.8 Å². The number of fused-ring (bicyclic) bond motifs is 1. The van der Waals surface area contributed by atoms with Gasteiger partial charge in [0.05, 0.1) is 4.90 Å². The monoisotopic (exact) mass is 312 g/mol. The molecule has 1 amide bonds. The zero-order valence-corrected chi connectivity index (χ0v) is 12.3. The summed E-state index contributed by atoms with van der Waals surface area (Å²) in [6.45, 7) is 1.34. The molecule has 2 aliphatic rings. The number of nitrogens with two attached hydrogens (primary N) is 1. The van der Waals surface area contributed by atoms with Gasteiger partial charge in [0, 0.05) is 18.7 Å². The van der Waals surface area contributed by atoms with Crippen LogP contribution in [0, 0.1) is 17.7 Å². The van der Waals surface area contributed by atoms with Gasteiger partial charge in [0.1, 0.15) is 5.82 Å². The average Bonchev–Trinajstić information content (AvgIpc) is 2.96. The van der Waals surface area contributed by atoms with E-state index in [0.717, 1.165) is 31.0 Å². The third-order valence-corrected chi connectivity index (χ3v) is 5.35. The van der Waals surface area contributed by atoms with Gasteiger partial charge in [-0.05, 0) is 42.9 Å². The lowest BCUT2D eigenvalue weighted by atomic mass is 10.0. The number of carbonyl (C=O) groups is 1. The van der Waals surface area contributed by atoms with Gasteiger partial charge >= 0.3 is 0 Å². The van der Waals surface area contributed by atoms with E-state index in [0.29, 0.717) is 24.9 Å². The number of primary sulfonamides is 1. The highest BCUT2D eigenvalue weighted by atomic mass is 32.2. The summed E-state index contributed by atoms with van der Waals surface area (Å²) in [5.41, 5.74) is 0.0407. The zero-order chi connectivity index (χ0) is 15.2. The molecule has 2 unspecified atom stereocenters. The van der Waals surface area contributed by atoms with Crippen LogP contribution in [-0.4, -0.2) is 32.3 Å². The predicted octanol–water partition coefficient (Wildman–Crippen LogP) is 1.35. The summed E-state index contributed by atoms with van der Waals surface area (Å²) in [6.07, 6.45) is 3.45. The van der Waals surface area contributed by atoms with Crippen LogP contribution < -0.4 is 5.14 Å². The Hall–Kier alpha value is -1.47. The van der Waals surface area contributed by atoms with E-state index in [2.05, 4.69) is 0 Å². The third kappa shape index (κ3) is 2.80. The smallest absolute Gasteiger partial charge is 0.254 e. The summed E-state index contributed by atoms with van der Waals surface area (Å²) < 4.78 is 36.2. The first kappa shape index (κ1) is 14.5. The first-order valence-electron chi connectivity index (χ1n) is 6.97. The fourth-order valence-corrected chi connectivity index (χ4v) is 4.00. The number of likely N-dealkylation sites (tertiary alicyclic amines) is 1. The number of amides is 1. The minimum absolute atomic E-state index is 0.0407. The van der Waals surface area contributed by atoms with Crippen LogP contribution >= 0.6 is 0 Å². The van der Waals surface area contributed by atoms with Crippen LogP contribution in [-0.2, 0) is 10.0 Å². The number of nitrogens with zero attached hydrogens (tertiary/aromatic N) is 1. The molecule has 2 fully saturated rings. The molecule has 2 N–H and O–H groups in total. The maximum Gasteiger partial charge on any atom is 0.254 e. The Morgan fingerprint density at radius 3 is 2.38 bits per heavy atom. The number of benzene rings is 1. The number of sulfonamides is 1. The second kappa shape index (κ2) is 5.06. The van der Waals surface area contributed by atoms with Gasteiger partial charge in [-0.2, -0.15) is 0 Å². The summed E-state index contributed by atoms with van der Waals surface area (Å²) in [7, 11) is -4.03. The maximum absolute atomic E-state index is 13.5. The number of hydrogen-bond acceptors (Lipinski definition) is 3. The predicted molar refractivity (Wildman–Crippen MR) is 74.5 cm³/mol. The highest BCUT2D eigenvalue weighted by molar-refractivity contribution is 7.89. The Balaban J connectivity index is 1.87. The molecular formula is C14H17FN2O3S. The highest BCUT2D eigenvalue weighted by Crippen LogP contribution is 2.38. The Labute approximate surface area is 123 Å². The summed E-state index contributed by atoms with van der Waals surface area (Å²) in [4.78, 5) is 13.8. The molecule has 2 atom stereocenters. The van der Waals surface area contributed by atoms with Gasteiger partial charge in [-0.15, -0.1) is 0 Å². The van der Waals surface area contributed by atoms with E-state index in [-0.39, 0.29) is 16.4 Å². The number of rotatable bonds is 2. The minimum atomic E-state index is -4.03. The van der Waals surface area contributed by atoms with E-state index in [9.17, 15) is 17.6 Å². The average molecular weight is 312 g/mol. The van der Waals surface area contributed by atoms with E-state index in [4.69, 9.17) is 5.14 Å². The standard InChI is InChI=1S/C14H17FN2O3S/c15-12-4-11(5-13(6-12)21(16,19)20)14(18)17-7-9-2-1-3-10(9)8-17/h4-6,9-10H,1-3,7-8H2,(H2,16,19,20). The quantitative estimate of drug-likeness (QED) is 0.895. The normalized spacial score (nSPS) is 25.1. The van der Waals surface area contributed by atoms with Crippen molar-refractivity contribution >= 4 is 15.9 Å². The Bertz CT molecular complexity index is 677. The maximum atomic E-state index is 13.5. The minimum Gasteiger partial charge on any atom is -0.338 e. The summed E-state index contributed by atoms with van der Waals surface area (Å²) in [5.74, 6) is -0.0430. The molecule has 1 saturated carbocycles. The molecule has 0 aromatic heterocycles. The molecule has 5 nitrogen and oxygen atoms in total. The first-order chi connectivity index (χ1) is 9.84. The van der Waals surface area contributed by atoms with E-state index in [1.54, 1.807) is 4.90 Å². The van der Waals surface area contributed by atoms with Crippen molar-refractivity contribution in [2.24, 2.45) is 17.0 Å². The number of hydrogen-bond donors (Lipinski definition) is 1. The van der Waals surface area contributed by atoms with Gasteiger partial charge in [-0.3, -0.25) is 4.79 Å². The second-order valence-corrected chi connectivity index (χ2v) is 7.44. The third-order valence-electron chi connectivity index (χ3n) is 4.46. The molecular weight excluding hydrogens is 295 g/mol. The molecule has 21 heavy (non-hydrogen) atoms. The molecule has 1 aromatic rings. The van der Waals surface area contributed by atoms with Crippen molar-refractivity contribution in [2.45, 2.75) is 24.2 Å². The largest absolute Gasteiger partial charge is 0.338 e. The molecule has 1 saturated heterocycles. The molecule has 0 radical (unpaired) electrons. The van der Waals surface area contributed by atoms with Crippen molar-refractivity contribution in [3.8, 4) is 0 Å². The zero-order valence-electron chi connectivity index (χ0n) is 11.5. The second-order valence-electron chi connectivity index (χ2n) is 5.88. The van der Waals surface area contributed by atoms with Crippen molar-refractivity contribution < 1.29 is 17.6 Å². The molecule has 0 spiro atoms. The van der Waals surface area contributed by atoms with E-state index in [1.165, 1.54) is 6.42 Å². The van der Waals surface area contributed by atoms with Gasteiger partial charge in [0.15, 0.2) is 0 Å². The van der Waals surface area contributed by atoms with Gasteiger partial charge in [-0.25, -0.2) is 17.9 Å². The topological polar surface area (TPSA) is 80.5 Å². The molecule has 1 aliphatic heterocycles. The summed E-state index contributed by atoms with van der Waals surface area (Å²) in [5, 5.41) is 5.00. The molecule has 7 heteroatoms. The fraction of sp³-hybridized carbons (Fsp3) is 0.500. The van der Waals surface area contributed by atoms with Gasteiger partial charge in [0.25, 0.3) is 5.91 Å². The molecule has 1 aliphatic carbocycles. The summed E-state index contributed by atoms with van der Waals surface area (Å²) >= 11 is 0. The molecule has 114 valence electrons. The van der Waals surface area contributed by atoms with Crippen molar-refractivity contribution in [3.63, 3.8) is 0 Å².